The third kappa shape index (κ3) is 3.58. The molecule has 1 aromatic rings. The molecule has 1 saturated carbocycles. The fraction of sp³-hybridized carbons (Fsp3) is 0.600. The Bertz CT molecular complexity index is 755. The van der Waals surface area contributed by atoms with Crippen LogP contribution in [0, 0.1) is 5.41 Å². The van der Waals surface area contributed by atoms with Crippen LogP contribution in [-0.2, 0) is 14.3 Å². The molecule has 1 heterocycles. The fourth-order valence-electron chi connectivity index (χ4n) is 3.94. The van der Waals surface area contributed by atoms with E-state index in [-0.39, 0.29) is 30.3 Å². The summed E-state index contributed by atoms with van der Waals surface area (Å²) in [6, 6.07) is 5.31. The highest BCUT2D eigenvalue weighted by atomic mass is 35.5. The molecule has 1 saturated heterocycles. The normalized spacial score (nSPS) is 25.7. The monoisotopic (exact) mass is 411 g/mol. The number of rotatable bonds is 6. The van der Waals surface area contributed by atoms with Crippen molar-refractivity contribution < 1.29 is 19.1 Å². The molecule has 2 amide bonds. The lowest BCUT2D eigenvalue weighted by molar-refractivity contribution is -0.166. The average Bonchev–Trinajstić information content (AvgIpc) is 3.06. The van der Waals surface area contributed by atoms with Crippen molar-refractivity contribution in [3.05, 3.63) is 18.2 Å². The summed E-state index contributed by atoms with van der Waals surface area (Å²) in [4.78, 5) is 26.6. The second kappa shape index (κ2) is 8.27. The van der Waals surface area contributed by atoms with Crippen molar-refractivity contribution in [1.82, 2.24) is 0 Å². The van der Waals surface area contributed by atoms with Crippen molar-refractivity contribution in [2.75, 3.05) is 30.5 Å². The van der Waals surface area contributed by atoms with E-state index >= 15 is 0 Å². The van der Waals surface area contributed by atoms with Gasteiger partial charge in [-0.1, -0.05) is 13.8 Å². The maximum Gasteiger partial charge on any atom is 0.245 e. The molecular weight excluding hydrogens is 382 g/mol. The Kier molecular flexibility index (Phi) is 6.63. The van der Waals surface area contributed by atoms with E-state index in [2.05, 4.69) is 5.32 Å². The minimum Gasteiger partial charge on any atom is -0.494 e. The first-order valence-electron chi connectivity index (χ1n) is 9.45. The molecule has 1 aliphatic heterocycles. The molecule has 2 unspecified atom stereocenters. The number of nitrogens with zero attached hydrogens (tertiary/aromatic N) is 1. The zero-order valence-electron chi connectivity index (χ0n) is 16.9. The van der Waals surface area contributed by atoms with Crippen molar-refractivity contribution in [2.45, 2.75) is 51.7 Å². The molecule has 8 heteroatoms. The van der Waals surface area contributed by atoms with E-state index in [1.807, 2.05) is 20.8 Å². The molecule has 7 nitrogen and oxygen atoms in total. The molecule has 0 aromatic heterocycles. The topological polar surface area (TPSA) is 93.9 Å². The second-order valence-electron chi connectivity index (χ2n) is 7.83. The smallest absolute Gasteiger partial charge is 0.245 e. The molecule has 0 radical (unpaired) electrons. The summed E-state index contributed by atoms with van der Waals surface area (Å²) in [5.41, 5.74) is 6.29. The molecule has 28 heavy (non-hydrogen) atoms. The Morgan fingerprint density at radius 1 is 1.39 bits per heavy atom. The first-order chi connectivity index (χ1) is 12.7. The van der Waals surface area contributed by atoms with Crippen LogP contribution in [0.15, 0.2) is 18.2 Å². The summed E-state index contributed by atoms with van der Waals surface area (Å²) >= 11 is 0. The minimum absolute atomic E-state index is 0. The summed E-state index contributed by atoms with van der Waals surface area (Å²) < 4.78 is 11.1. The van der Waals surface area contributed by atoms with Crippen LogP contribution >= 0.6 is 12.4 Å². The Balaban J connectivity index is 0.00000280. The van der Waals surface area contributed by atoms with Gasteiger partial charge in [0.05, 0.1) is 18.9 Å². The molecule has 156 valence electrons. The summed E-state index contributed by atoms with van der Waals surface area (Å²) in [6.07, 6.45) is 1.84. The van der Waals surface area contributed by atoms with E-state index < -0.39 is 11.0 Å². The van der Waals surface area contributed by atoms with Gasteiger partial charge in [-0.25, -0.2) is 0 Å². The van der Waals surface area contributed by atoms with Gasteiger partial charge in [-0.05, 0) is 25.5 Å². The Morgan fingerprint density at radius 2 is 2.11 bits per heavy atom. The van der Waals surface area contributed by atoms with Crippen LogP contribution in [0.1, 0.15) is 40.0 Å². The number of ether oxygens (including phenoxy) is 2. The van der Waals surface area contributed by atoms with Gasteiger partial charge >= 0.3 is 0 Å². The number of hydrogen-bond acceptors (Lipinski definition) is 5. The molecule has 2 fully saturated rings. The zero-order valence-corrected chi connectivity index (χ0v) is 17.7. The number of carbonyl (C=O) groups is 2. The van der Waals surface area contributed by atoms with Crippen LogP contribution in [0.4, 0.5) is 11.4 Å². The number of hydrogen-bond donors (Lipinski definition) is 2. The number of benzene rings is 1. The largest absolute Gasteiger partial charge is 0.494 e. The van der Waals surface area contributed by atoms with E-state index in [0.717, 1.165) is 12.1 Å². The third-order valence-corrected chi connectivity index (χ3v) is 6.04. The highest BCUT2D eigenvalue weighted by molar-refractivity contribution is 6.01. The van der Waals surface area contributed by atoms with Crippen LogP contribution in [0.2, 0.25) is 0 Å². The quantitative estimate of drug-likeness (QED) is 0.750. The molecular formula is C20H30ClN3O4. The van der Waals surface area contributed by atoms with Crippen LogP contribution in [0.3, 0.4) is 0 Å². The predicted octanol–water partition coefficient (Wildman–Crippen LogP) is 2.71. The van der Waals surface area contributed by atoms with Gasteiger partial charge in [0.2, 0.25) is 11.8 Å². The number of nitrogens with one attached hydrogen (secondary N) is 1. The average molecular weight is 412 g/mol. The van der Waals surface area contributed by atoms with E-state index in [0.29, 0.717) is 37.4 Å². The number of anilines is 2. The Hall–Kier alpha value is -1.83. The Labute approximate surface area is 172 Å². The summed E-state index contributed by atoms with van der Waals surface area (Å²) in [5.74, 6) is 0.397. The standard InChI is InChI=1S/C20H29N3O4.ClH/c1-5-27-16-12-20(21,19(16,2)3)18(25)22-13-8-9-14(15(11-13)26-4)23-10-6-7-17(23)24;/h8-9,11,16H,5-7,10,12,21H2,1-4H3,(H,22,25);1H. The highest BCUT2D eigenvalue weighted by Crippen LogP contribution is 2.50. The summed E-state index contributed by atoms with van der Waals surface area (Å²) in [5, 5.41) is 2.90. The SMILES string of the molecule is CCOC1CC(N)(C(=O)Nc2ccc(N3CCCC3=O)c(OC)c2)C1(C)C.Cl. The number of methoxy groups -OCH3 is 1. The van der Waals surface area contributed by atoms with Gasteiger partial charge in [-0.2, -0.15) is 0 Å². The molecule has 1 aliphatic carbocycles. The number of carbonyl (C=O) groups excluding carboxylic acids is 2. The van der Waals surface area contributed by atoms with Gasteiger partial charge in [-0.15, -0.1) is 12.4 Å². The van der Waals surface area contributed by atoms with E-state index in [1.165, 1.54) is 0 Å². The first-order valence-corrected chi connectivity index (χ1v) is 9.45. The maximum absolute atomic E-state index is 12.9. The van der Waals surface area contributed by atoms with Crippen molar-refractivity contribution in [1.29, 1.82) is 0 Å². The lowest BCUT2D eigenvalue weighted by atomic mass is 9.54. The van der Waals surface area contributed by atoms with Crippen LogP contribution in [0.25, 0.3) is 0 Å². The van der Waals surface area contributed by atoms with Gasteiger partial charge in [0.15, 0.2) is 0 Å². The number of amides is 2. The van der Waals surface area contributed by atoms with Gasteiger partial charge < -0.3 is 25.4 Å². The van der Waals surface area contributed by atoms with Crippen molar-refractivity contribution in [3.8, 4) is 5.75 Å². The van der Waals surface area contributed by atoms with Crippen LogP contribution in [0.5, 0.6) is 5.75 Å². The maximum atomic E-state index is 12.9. The molecule has 3 rings (SSSR count). The second-order valence-corrected chi connectivity index (χ2v) is 7.83. The summed E-state index contributed by atoms with van der Waals surface area (Å²) in [7, 11) is 1.55. The lowest BCUT2D eigenvalue weighted by Gasteiger charge is -2.57. The number of halogens is 1. The minimum atomic E-state index is -0.996. The van der Waals surface area contributed by atoms with Gasteiger partial charge in [0, 0.05) is 43.2 Å². The van der Waals surface area contributed by atoms with Crippen molar-refractivity contribution >= 4 is 35.6 Å². The van der Waals surface area contributed by atoms with E-state index in [9.17, 15) is 9.59 Å². The molecule has 3 N–H and O–H groups in total. The lowest BCUT2D eigenvalue weighted by Crippen LogP contribution is -2.74. The van der Waals surface area contributed by atoms with E-state index in [4.69, 9.17) is 15.2 Å². The third-order valence-electron chi connectivity index (χ3n) is 6.04. The predicted molar refractivity (Wildman–Crippen MR) is 111 cm³/mol. The Morgan fingerprint density at radius 3 is 2.64 bits per heavy atom. The first kappa shape index (κ1) is 22.5. The van der Waals surface area contributed by atoms with Gasteiger partial charge in [-0.3, -0.25) is 9.59 Å². The zero-order chi connectivity index (χ0) is 19.8. The van der Waals surface area contributed by atoms with Crippen molar-refractivity contribution in [2.24, 2.45) is 11.1 Å². The van der Waals surface area contributed by atoms with Gasteiger partial charge in [0.1, 0.15) is 11.3 Å². The summed E-state index contributed by atoms with van der Waals surface area (Å²) in [6.45, 7) is 7.13. The van der Waals surface area contributed by atoms with Gasteiger partial charge in [0.25, 0.3) is 0 Å². The molecule has 0 spiro atoms. The molecule has 0 bridgehead atoms. The highest BCUT2D eigenvalue weighted by Gasteiger charge is 2.62. The molecule has 2 aliphatic rings. The fourth-order valence-corrected chi connectivity index (χ4v) is 3.94. The number of nitrogens with two attached hydrogens (primary N) is 1. The van der Waals surface area contributed by atoms with Crippen molar-refractivity contribution in [3.63, 3.8) is 0 Å². The van der Waals surface area contributed by atoms with E-state index in [1.54, 1.807) is 30.2 Å². The van der Waals surface area contributed by atoms with Crippen LogP contribution in [-0.4, -0.2) is 43.7 Å². The molecule has 1 aromatic carbocycles. The van der Waals surface area contributed by atoms with Crippen LogP contribution < -0.4 is 20.7 Å². The molecule has 2 atom stereocenters.